The summed E-state index contributed by atoms with van der Waals surface area (Å²) in [6.07, 6.45) is 2.07. The van der Waals surface area contributed by atoms with Crippen molar-refractivity contribution in [3.63, 3.8) is 0 Å². The molecule has 3 rings (SSSR count). The maximum absolute atomic E-state index is 11.4. The monoisotopic (exact) mass is 363 g/mol. The molecule has 1 aliphatic rings. The molecule has 1 heterocycles. The topological polar surface area (TPSA) is 38.3 Å². The SMILES string of the molecule is CSc1ccccc1C(Br)c1ccc2c(c1)NC(=O)CO2. The highest BCUT2D eigenvalue weighted by molar-refractivity contribution is 9.09. The molecule has 1 N–H and O–H groups in total. The molecular weight excluding hydrogens is 350 g/mol. The number of hydrogen-bond donors (Lipinski definition) is 1. The minimum atomic E-state index is -0.115. The van der Waals surface area contributed by atoms with Gasteiger partial charge in [0.1, 0.15) is 5.75 Å². The molecule has 108 valence electrons. The molecule has 2 aromatic rings. The number of alkyl halides is 1. The first-order valence-corrected chi connectivity index (χ1v) is 8.66. The van der Waals surface area contributed by atoms with Gasteiger partial charge in [-0.05, 0) is 35.6 Å². The Bertz CT molecular complexity index is 690. The van der Waals surface area contributed by atoms with Gasteiger partial charge in [0.05, 0.1) is 10.5 Å². The van der Waals surface area contributed by atoms with Gasteiger partial charge in [0.25, 0.3) is 5.91 Å². The summed E-state index contributed by atoms with van der Waals surface area (Å²) in [5.74, 6) is 0.603. The molecule has 1 amide bonds. The fourth-order valence-corrected chi connectivity index (χ4v) is 3.79. The molecule has 0 aromatic heterocycles. The Morgan fingerprint density at radius 3 is 2.90 bits per heavy atom. The lowest BCUT2D eigenvalue weighted by Gasteiger charge is -2.20. The number of carbonyl (C=O) groups excluding carboxylic acids is 1. The number of thioether (sulfide) groups is 1. The highest BCUT2D eigenvalue weighted by Crippen LogP contribution is 2.39. The average Bonchev–Trinajstić information content (AvgIpc) is 2.53. The van der Waals surface area contributed by atoms with Crippen molar-refractivity contribution in [3.05, 3.63) is 53.6 Å². The lowest BCUT2D eigenvalue weighted by molar-refractivity contribution is -0.118. The number of nitrogens with one attached hydrogen (secondary N) is 1. The average molecular weight is 364 g/mol. The summed E-state index contributed by atoms with van der Waals surface area (Å²) in [5, 5.41) is 2.85. The first kappa shape index (κ1) is 14.5. The minimum Gasteiger partial charge on any atom is -0.482 e. The Morgan fingerprint density at radius 2 is 2.10 bits per heavy atom. The van der Waals surface area contributed by atoms with Crippen LogP contribution in [0.15, 0.2) is 47.4 Å². The zero-order chi connectivity index (χ0) is 14.8. The largest absolute Gasteiger partial charge is 0.482 e. The molecule has 21 heavy (non-hydrogen) atoms. The predicted octanol–water partition coefficient (Wildman–Crippen LogP) is 4.22. The lowest BCUT2D eigenvalue weighted by Crippen LogP contribution is -2.25. The van der Waals surface area contributed by atoms with Crippen molar-refractivity contribution in [3.8, 4) is 5.75 Å². The second-order valence-electron chi connectivity index (χ2n) is 4.70. The zero-order valence-electron chi connectivity index (χ0n) is 11.4. The number of halogens is 1. The van der Waals surface area contributed by atoms with Crippen LogP contribution in [0.5, 0.6) is 5.75 Å². The van der Waals surface area contributed by atoms with Crippen LogP contribution in [0.3, 0.4) is 0 Å². The van der Waals surface area contributed by atoms with E-state index in [-0.39, 0.29) is 17.3 Å². The van der Waals surface area contributed by atoms with Crippen LogP contribution in [-0.4, -0.2) is 18.8 Å². The fraction of sp³-hybridized carbons (Fsp3) is 0.188. The van der Waals surface area contributed by atoms with E-state index >= 15 is 0 Å². The Morgan fingerprint density at radius 1 is 1.29 bits per heavy atom. The van der Waals surface area contributed by atoms with Crippen LogP contribution in [0.1, 0.15) is 16.0 Å². The summed E-state index contributed by atoms with van der Waals surface area (Å²) in [6, 6.07) is 14.2. The van der Waals surface area contributed by atoms with E-state index in [1.807, 2.05) is 30.3 Å². The van der Waals surface area contributed by atoms with E-state index in [2.05, 4.69) is 39.6 Å². The number of hydrogen-bond acceptors (Lipinski definition) is 3. The molecule has 1 aliphatic heterocycles. The van der Waals surface area contributed by atoms with E-state index < -0.39 is 0 Å². The molecule has 0 bridgehead atoms. The van der Waals surface area contributed by atoms with Gasteiger partial charge in [-0.15, -0.1) is 11.8 Å². The second kappa shape index (κ2) is 6.12. The smallest absolute Gasteiger partial charge is 0.262 e. The van der Waals surface area contributed by atoms with Gasteiger partial charge in [-0.1, -0.05) is 40.2 Å². The van der Waals surface area contributed by atoms with Crippen LogP contribution >= 0.6 is 27.7 Å². The van der Waals surface area contributed by atoms with Crippen molar-refractivity contribution >= 4 is 39.3 Å². The van der Waals surface area contributed by atoms with Crippen LogP contribution in [0.2, 0.25) is 0 Å². The second-order valence-corrected chi connectivity index (χ2v) is 6.46. The number of rotatable bonds is 3. The number of amides is 1. The standard InChI is InChI=1S/C16H14BrNO2S/c1-21-14-5-3-2-4-11(14)16(17)10-6-7-13-12(8-10)18-15(19)9-20-13/h2-8,16H,9H2,1H3,(H,18,19). The third kappa shape index (κ3) is 2.94. The summed E-state index contributed by atoms with van der Waals surface area (Å²) >= 11 is 5.49. The van der Waals surface area contributed by atoms with E-state index in [1.165, 1.54) is 10.5 Å². The van der Waals surface area contributed by atoms with Crippen LogP contribution in [0.4, 0.5) is 5.69 Å². The van der Waals surface area contributed by atoms with E-state index in [0.717, 1.165) is 17.0 Å². The fourth-order valence-electron chi connectivity index (χ4n) is 2.31. The molecule has 0 aliphatic carbocycles. The third-order valence-electron chi connectivity index (χ3n) is 3.34. The van der Waals surface area contributed by atoms with E-state index in [0.29, 0.717) is 0 Å². The van der Waals surface area contributed by atoms with E-state index in [1.54, 1.807) is 11.8 Å². The first-order chi connectivity index (χ1) is 10.2. The Labute approximate surface area is 136 Å². The van der Waals surface area contributed by atoms with Gasteiger partial charge in [-0.3, -0.25) is 4.79 Å². The number of ether oxygens (including phenoxy) is 1. The van der Waals surface area contributed by atoms with Crippen LogP contribution in [0.25, 0.3) is 0 Å². The van der Waals surface area contributed by atoms with Gasteiger partial charge in [-0.2, -0.15) is 0 Å². The molecule has 1 atom stereocenters. The maximum atomic E-state index is 11.4. The van der Waals surface area contributed by atoms with Gasteiger partial charge in [0, 0.05) is 4.90 Å². The van der Waals surface area contributed by atoms with Crippen LogP contribution in [-0.2, 0) is 4.79 Å². The highest BCUT2D eigenvalue weighted by atomic mass is 79.9. The molecule has 0 saturated carbocycles. The molecule has 2 aromatic carbocycles. The summed E-state index contributed by atoms with van der Waals surface area (Å²) in [7, 11) is 0. The van der Waals surface area contributed by atoms with Gasteiger partial charge < -0.3 is 10.1 Å². The van der Waals surface area contributed by atoms with Crippen molar-refractivity contribution in [1.82, 2.24) is 0 Å². The number of fused-ring (bicyclic) bond motifs is 1. The van der Waals surface area contributed by atoms with Crippen molar-refractivity contribution in [2.24, 2.45) is 0 Å². The number of benzene rings is 2. The Balaban J connectivity index is 1.96. The normalized spacial score (nSPS) is 14.9. The quantitative estimate of drug-likeness (QED) is 0.655. The molecule has 0 radical (unpaired) electrons. The van der Waals surface area contributed by atoms with Crippen molar-refractivity contribution in [1.29, 1.82) is 0 Å². The molecule has 5 heteroatoms. The van der Waals surface area contributed by atoms with Crippen molar-refractivity contribution in [2.75, 3.05) is 18.2 Å². The number of anilines is 1. The molecule has 0 saturated heterocycles. The maximum Gasteiger partial charge on any atom is 0.262 e. The van der Waals surface area contributed by atoms with Crippen molar-refractivity contribution < 1.29 is 9.53 Å². The van der Waals surface area contributed by atoms with Crippen LogP contribution < -0.4 is 10.1 Å². The summed E-state index contributed by atoms with van der Waals surface area (Å²) in [5.41, 5.74) is 3.03. The molecule has 1 unspecified atom stereocenters. The summed E-state index contributed by atoms with van der Waals surface area (Å²) in [6.45, 7) is 0.0827. The molecule has 0 spiro atoms. The zero-order valence-corrected chi connectivity index (χ0v) is 13.8. The molecule has 0 fully saturated rings. The Kier molecular flexibility index (Phi) is 4.22. The van der Waals surface area contributed by atoms with Crippen molar-refractivity contribution in [2.45, 2.75) is 9.72 Å². The van der Waals surface area contributed by atoms with E-state index in [9.17, 15) is 4.79 Å². The highest BCUT2D eigenvalue weighted by Gasteiger charge is 2.19. The molecule has 3 nitrogen and oxygen atoms in total. The minimum absolute atomic E-state index is 0.0743. The molecular formula is C16H14BrNO2S. The third-order valence-corrected chi connectivity index (χ3v) is 5.17. The summed E-state index contributed by atoms with van der Waals surface area (Å²) < 4.78 is 5.39. The summed E-state index contributed by atoms with van der Waals surface area (Å²) in [4.78, 5) is 12.7. The van der Waals surface area contributed by atoms with Gasteiger partial charge in [-0.25, -0.2) is 0 Å². The Hall–Kier alpha value is -1.46. The van der Waals surface area contributed by atoms with Gasteiger partial charge >= 0.3 is 0 Å². The van der Waals surface area contributed by atoms with E-state index in [4.69, 9.17) is 4.74 Å². The first-order valence-electron chi connectivity index (χ1n) is 6.52. The predicted molar refractivity (Wildman–Crippen MR) is 89.6 cm³/mol. The van der Waals surface area contributed by atoms with Crippen LogP contribution in [0, 0.1) is 0 Å². The van der Waals surface area contributed by atoms with Gasteiger partial charge in [0.15, 0.2) is 6.61 Å². The lowest BCUT2D eigenvalue weighted by atomic mass is 10.0. The van der Waals surface area contributed by atoms with Gasteiger partial charge in [0.2, 0.25) is 0 Å². The number of carbonyl (C=O) groups is 1.